The lowest BCUT2D eigenvalue weighted by Gasteiger charge is -2.23. The van der Waals surface area contributed by atoms with E-state index in [1.165, 1.54) is 0 Å². The maximum Gasteiger partial charge on any atom is 0.326 e. The third-order valence-electron chi connectivity index (χ3n) is 4.25. The second kappa shape index (κ2) is 6.52. The molecular formula is C19H21NO3. The summed E-state index contributed by atoms with van der Waals surface area (Å²) in [7, 11) is 1.78. The van der Waals surface area contributed by atoms with Crippen LogP contribution in [0.5, 0.6) is 0 Å². The topological polar surface area (TPSA) is 38.8 Å². The monoisotopic (exact) mass is 311 g/mol. The quantitative estimate of drug-likeness (QED) is 0.812. The van der Waals surface area contributed by atoms with Crippen LogP contribution in [0, 0.1) is 0 Å². The Labute approximate surface area is 136 Å². The van der Waals surface area contributed by atoms with Gasteiger partial charge >= 0.3 is 5.97 Å². The number of esters is 1. The Hall–Kier alpha value is -2.17. The first-order valence-corrected chi connectivity index (χ1v) is 7.76. The Kier molecular flexibility index (Phi) is 4.46. The predicted octanol–water partition coefficient (Wildman–Crippen LogP) is 3.28. The fourth-order valence-electron chi connectivity index (χ4n) is 2.93. The van der Waals surface area contributed by atoms with Crippen molar-refractivity contribution in [1.29, 1.82) is 0 Å². The maximum absolute atomic E-state index is 12.4. The molecule has 120 valence electrons. The highest BCUT2D eigenvalue weighted by atomic mass is 16.7. The first-order valence-electron chi connectivity index (χ1n) is 7.76. The number of benzene rings is 2. The summed E-state index contributed by atoms with van der Waals surface area (Å²) in [6.45, 7) is 2.29. The van der Waals surface area contributed by atoms with Crippen molar-refractivity contribution in [1.82, 2.24) is 5.06 Å². The van der Waals surface area contributed by atoms with Gasteiger partial charge in [0.2, 0.25) is 0 Å². The van der Waals surface area contributed by atoms with Crippen molar-refractivity contribution in [2.75, 3.05) is 7.05 Å². The van der Waals surface area contributed by atoms with Crippen LogP contribution in [-0.4, -0.2) is 24.1 Å². The van der Waals surface area contributed by atoms with Gasteiger partial charge in [0.25, 0.3) is 0 Å². The molecule has 23 heavy (non-hydrogen) atoms. The molecule has 0 radical (unpaired) electrons. The van der Waals surface area contributed by atoms with Crippen LogP contribution in [-0.2, 0) is 26.6 Å². The molecule has 2 aromatic rings. The van der Waals surface area contributed by atoms with E-state index in [0.29, 0.717) is 6.42 Å². The molecular weight excluding hydrogens is 290 g/mol. The van der Waals surface area contributed by atoms with Gasteiger partial charge in [-0.2, -0.15) is 5.06 Å². The van der Waals surface area contributed by atoms with Crippen LogP contribution in [0.15, 0.2) is 60.7 Å². The minimum Gasteiger partial charge on any atom is -0.460 e. The first-order chi connectivity index (χ1) is 11.1. The molecule has 0 amide bonds. The third kappa shape index (κ3) is 3.44. The Morgan fingerprint density at radius 2 is 1.78 bits per heavy atom. The molecule has 3 rings (SSSR count). The van der Waals surface area contributed by atoms with E-state index in [-0.39, 0.29) is 12.6 Å². The number of hydrogen-bond acceptors (Lipinski definition) is 4. The number of hydrogen-bond donors (Lipinski definition) is 0. The number of nitrogens with zero attached hydrogens (tertiary/aromatic N) is 1. The van der Waals surface area contributed by atoms with E-state index in [1.54, 1.807) is 12.1 Å². The smallest absolute Gasteiger partial charge is 0.326 e. The SMILES string of the molecule is CN1O[C@@](C)(c2ccccc2)C[C@@H]1C(=O)OCc1ccccc1. The molecule has 1 heterocycles. The normalized spacial score (nSPS) is 24.5. The van der Waals surface area contributed by atoms with Crippen LogP contribution in [0.3, 0.4) is 0 Å². The highest BCUT2D eigenvalue weighted by Crippen LogP contribution is 2.38. The summed E-state index contributed by atoms with van der Waals surface area (Å²) in [5.74, 6) is -0.254. The van der Waals surface area contributed by atoms with Crippen LogP contribution in [0.4, 0.5) is 0 Å². The van der Waals surface area contributed by atoms with Crippen molar-refractivity contribution in [2.45, 2.75) is 31.6 Å². The minimum atomic E-state index is -0.507. The average Bonchev–Trinajstić information content (AvgIpc) is 2.91. The molecule has 2 aromatic carbocycles. The predicted molar refractivity (Wildman–Crippen MR) is 87.3 cm³/mol. The Morgan fingerprint density at radius 3 is 2.43 bits per heavy atom. The first kappa shape index (κ1) is 15.7. The van der Waals surface area contributed by atoms with Crippen LogP contribution in [0.25, 0.3) is 0 Å². The van der Waals surface area contributed by atoms with Gasteiger partial charge in [-0.05, 0) is 18.1 Å². The molecule has 0 N–H and O–H groups in total. The molecule has 0 aromatic heterocycles. The highest BCUT2D eigenvalue weighted by molar-refractivity contribution is 5.76. The van der Waals surface area contributed by atoms with Crippen molar-refractivity contribution in [2.24, 2.45) is 0 Å². The largest absolute Gasteiger partial charge is 0.460 e. The lowest BCUT2D eigenvalue weighted by atomic mass is 9.90. The maximum atomic E-state index is 12.4. The van der Waals surface area contributed by atoms with E-state index in [2.05, 4.69) is 0 Å². The molecule has 0 unspecified atom stereocenters. The number of likely N-dealkylation sites (N-methyl/N-ethyl adjacent to an activating group) is 1. The molecule has 1 aliphatic heterocycles. The summed E-state index contributed by atoms with van der Waals surface area (Å²) in [4.78, 5) is 18.4. The summed E-state index contributed by atoms with van der Waals surface area (Å²) >= 11 is 0. The zero-order chi connectivity index (χ0) is 16.3. The van der Waals surface area contributed by atoms with Crippen molar-refractivity contribution >= 4 is 5.97 Å². The van der Waals surface area contributed by atoms with Crippen LogP contribution < -0.4 is 0 Å². The summed E-state index contributed by atoms with van der Waals surface area (Å²) in [5.41, 5.74) is 1.53. The number of hydroxylamine groups is 2. The molecule has 1 fully saturated rings. The molecule has 0 aliphatic carbocycles. The lowest BCUT2D eigenvalue weighted by molar-refractivity contribution is -0.196. The van der Waals surface area contributed by atoms with Crippen LogP contribution in [0.1, 0.15) is 24.5 Å². The average molecular weight is 311 g/mol. The standard InChI is InChI=1S/C19H21NO3/c1-19(16-11-7-4-8-12-16)13-17(20(2)23-19)18(21)22-14-15-9-5-3-6-10-15/h3-12,17H,13-14H2,1-2H3/t17-,19-/m1/s1. The van der Waals surface area contributed by atoms with E-state index < -0.39 is 11.6 Å². The summed E-state index contributed by atoms with van der Waals surface area (Å²) in [6.07, 6.45) is 0.571. The number of carbonyl (C=O) groups excluding carboxylic acids is 1. The van der Waals surface area contributed by atoms with Gasteiger partial charge in [-0.1, -0.05) is 60.7 Å². The van der Waals surface area contributed by atoms with Gasteiger partial charge in [-0.15, -0.1) is 0 Å². The number of carbonyl (C=O) groups is 1. The molecule has 4 heteroatoms. The zero-order valence-electron chi connectivity index (χ0n) is 13.4. The van der Waals surface area contributed by atoms with Gasteiger partial charge in [0.1, 0.15) is 18.2 Å². The fourth-order valence-corrected chi connectivity index (χ4v) is 2.93. The van der Waals surface area contributed by atoms with E-state index in [9.17, 15) is 4.79 Å². The van der Waals surface area contributed by atoms with Crippen molar-refractivity contribution < 1.29 is 14.4 Å². The highest BCUT2D eigenvalue weighted by Gasteiger charge is 2.45. The van der Waals surface area contributed by atoms with Gasteiger partial charge in [-0.25, -0.2) is 0 Å². The van der Waals surface area contributed by atoms with Crippen molar-refractivity contribution in [3.8, 4) is 0 Å². The van der Waals surface area contributed by atoms with E-state index in [1.807, 2.05) is 67.6 Å². The molecule has 1 aliphatic rings. The third-order valence-corrected chi connectivity index (χ3v) is 4.25. The van der Waals surface area contributed by atoms with Gasteiger partial charge in [0, 0.05) is 13.5 Å². The Bertz CT molecular complexity index is 659. The van der Waals surface area contributed by atoms with E-state index in [0.717, 1.165) is 11.1 Å². The molecule has 0 saturated carbocycles. The van der Waals surface area contributed by atoms with Gasteiger partial charge in [-0.3, -0.25) is 9.63 Å². The second-order valence-electron chi connectivity index (χ2n) is 6.05. The summed E-state index contributed by atoms with van der Waals surface area (Å²) in [5, 5.41) is 1.61. The molecule has 1 saturated heterocycles. The number of ether oxygens (including phenoxy) is 1. The fraction of sp³-hybridized carbons (Fsp3) is 0.316. The molecule has 2 atom stereocenters. The van der Waals surface area contributed by atoms with Gasteiger partial charge < -0.3 is 4.74 Å². The molecule has 0 spiro atoms. The molecule has 4 nitrogen and oxygen atoms in total. The van der Waals surface area contributed by atoms with Crippen molar-refractivity contribution in [3.05, 3.63) is 71.8 Å². The molecule has 0 bridgehead atoms. The van der Waals surface area contributed by atoms with Crippen LogP contribution >= 0.6 is 0 Å². The van der Waals surface area contributed by atoms with Gasteiger partial charge in [0.15, 0.2) is 0 Å². The Morgan fingerprint density at radius 1 is 1.17 bits per heavy atom. The van der Waals surface area contributed by atoms with E-state index >= 15 is 0 Å². The summed E-state index contributed by atoms with van der Waals surface area (Å²) in [6, 6.07) is 19.2. The lowest BCUT2D eigenvalue weighted by Crippen LogP contribution is -2.33. The summed E-state index contributed by atoms with van der Waals surface area (Å²) < 4.78 is 5.45. The van der Waals surface area contributed by atoms with Crippen LogP contribution in [0.2, 0.25) is 0 Å². The number of rotatable bonds is 4. The minimum absolute atomic E-state index is 0.254. The second-order valence-corrected chi connectivity index (χ2v) is 6.05. The van der Waals surface area contributed by atoms with Crippen molar-refractivity contribution in [3.63, 3.8) is 0 Å². The zero-order valence-corrected chi connectivity index (χ0v) is 13.4. The van der Waals surface area contributed by atoms with Gasteiger partial charge in [0.05, 0.1) is 0 Å². The van der Waals surface area contributed by atoms with E-state index in [4.69, 9.17) is 9.57 Å². The Balaban J connectivity index is 1.65.